The Kier molecular flexibility index (Phi) is 3.29. The molecule has 1 saturated heterocycles. The van der Waals surface area contributed by atoms with Gasteiger partial charge in [0.05, 0.1) is 19.9 Å². The molecule has 4 heteroatoms. The Hall–Kier alpha value is -1.29. The number of carbonyl (C=O) groups is 1. The summed E-state index contributed by atoms with van der Waals surface area (Å²) in [5.74, 6) is 1.12. The first-order chi connectivity index (χ1) is 7.70. The molecule has 1 aliphatic heterocycles. The number of furan rings is 1. The monoisotopic (exact) mass is 223 g/mol. The predicted octanol–water partition coefficient (Wildman–Crippen LogP) is 1.91. The maximum atomic E-state index is 11.4. The summed E-state index contributed by atoms with van der Waals surface area (Å²) in [7, 11) is 1.39. The molecule has 0 aliphatic carbocycles. The number of hydrogen-bond acceptors (Lipinski definition) is 4. The minimum Gasteiger partial charge on any atom is -0.467 e. The third-order valence-electron chi connectivity index (χ3n) is 3.03. The van der Waals surface area contributed by atoms with Crippen molar-refractivity contribution in [2.75, 3.05) is 20.2 Å². The molecule has 2 heterocycles. The molecule has 4 nitrogen and oxygen atoms in total. The van der Waals surface area contributed by atoms with Crippen LogP contribution in [0.2, 0.25) is 0 Å². The lowest BCUT2D eigenvalue weighted by Crippen LogP contribution is -2.20. The second-order valence-electron chi connectivity index (χ2n) is 4.38. The van der Waals surface area contributed by atoms with Gasteiger partial charge in [-0.1, -0.05) is 6.92 Å². The highest BCUT2D eigenvalue weighted by Crippen LogP contribution is 2.20. The summed E-state index contributed by atoms with van der Waals surface area (Å²) >= 11 is 0. The molecule has 16 heavy (non-hydrogen) atoms. The van der Waals surface area contributed by atoms with Crippen molar-refractivity contribution in [2.24, 2.45) is 5.92 Å². The largest absolute Gasteiger partial charge is 0.467 e. The third kappa shape index (κ3) is 2.27. The van der Waals surface area contributed by atoms with Gasteiger partial charge in [-0.2, -0.15) is 0 Å². The average molecular weight is 223 g/mol. The molecule has 0 spiro atoms. The van der Waals surface area contributed by atoms with E-state index in [4.69, 9.17) is 9.15 Å². The fourth-order valence-electron chi connectivity index (χ4n) is 2.13. The van der Waals surface area contributed by atoms with Crippen LogP contribution in [0.15, 0.2) is 16.7 Å². The molecule has 0 radical (unpaired) electrons. The number of likely N-dealkylation sites (tertiary alicyclic amines) is 1. The number of hydrogen-bond donors (Lipinski definition) is 0. The summed E-state index contributed by atoms with van der Waals surface area (Å²) in [4.78, 5) is 13.7. The summed E-state index contributed by atoms with van der Waals surface area (Å²) in [6, 6.07) is 1.67. The van der Waals surface area contributed by atoms with Gasteiger partial charge in [-0.25, -0.2) is 4.79 Å². The Morgan fingerprint density at radius 2 is 2.50 bits per heavy atom. The smallest absolute Gasteiger partial charge is 0.341 e. The highest BCUT2D eigenvalue weighted by molar-refractivity contribution is 5.90. The van der Waals surface area contributed by atoms with Crippen molar-refractivity contribution in [3.63, 3.8) is 0 Å². The molecule has 0 aromatic carbocycles. The summed E-state index contributed by atoms with van der Waals surface area (Å²) in [6.07, 6.45) is 2.76. The third-order valence-corrected chi connectivity index (χ3v) is 3.03. The zero-order chi connectivity index (χ0) is 11.5. The SMILES string of the molecule is COC(=O)c1ccoc1CN1CC[C@H](C)C1. The standard InChI is InChI=1S/C12H17NO3/c1-9-3-5-13(7-9)8-11-10(4-6-16-11)12(14)15-2/h4,6,9H,3,5,7-8H2,1-2H3/t9-/m0/s1. The molecular formula is C12H17NO3. The number of ether oxygens (including phenoxy) is 1. The van der Waals surface area contributed by atoms with Gasteiger partial charge in [0.2, 0.25) is 0 Å². The summed E-state index contributed by atoms with van der Waals surface area (Å²) in [6.45, 7) is 5.08. The summed E-state index contributed by atoms with van der Waals surface area (Å²) in [5, 5.41) is 0. The van der Waals surface area contributed by atoms with Crippen molar-refractivity contribution in [3.05, 3.63) is 23.7 Å². The minimum atomic E-state index is -0.323. The van der Waals surface area contributed by atoms with E-state index in [1.54, 1.807) is 12.3 Å². The van der Waals surface area contributed by atoms with Crippen molar-refractivity contribution in [2.45, 2.75) is 19.9 Å². The predicted molar refractivity (Wildman–Crippen MR) is 59.1 cm³/mol. The fraction of sp³-hybridized carbons (Fsp3) is 0.583. The van der Waals surface area contributed by atoms with Crippen molar-refractivity contribution >= 4 is 5.97 Å². The Morgan fingerprint density at radius 3 is 3.12 bits per heavy atom. The Labute approximate surface area is 95.2 Å². The number of methoxy groups -OCH3 is 1. The van der Waals surface area contributed by atoms with Crippen LogP contribution in [0.4, 0.5) is 0 Å². The van der Waals surface area contributed by atoms with Crippen LogP contribution in [-0.2, 0) is 11.3 Å². The highest BCUT2D eigenvalue weighted by atomic mass is 16.5. The highest BCUT2D eigenvalue weighted by Gasteiger charge is 2.22. The average Bonchev–Trinajstić information content (AvgIpc) is 2.87. The lowest BCUT2D eigenvalue weighted by Gasteiger charge is -2.13. The van der Waals surface area contributed by atoms with E-state index in [-0.39, 0.29) is 5.97 Å². The molecule has 1 fully saturated rings. The first-order valence-corrected chi connectivity index (χ1v) is 5.57. The van der Waals surface area contributed by atoms with E-state index in [1.807, 2.05) is 0 Å². The molecule has 0 unspecified atom stereocenters. The van der Waals surface area contributed by atoms with Crippen LogP contribution in [0.1, 0.15) is 29.5 Å². The second kappa shape index (κ2) is 4.70. The van der Waals surface area contributed by atoms with Crippen molar-refractivity contribution in [1.29, 1.82) is 0 Å². The Morgan fingerprint density at radius 1 is 1.69 bits per heavy atom. The van der Waals surface area contributed by atoms with E-state index in [0.29, 0.717) is 17.9 Å². The molecule has 88 valence electrons. The van der Waals surface area contributed by atoms with Gasteiger partial charge in [-0.05, 0) is 24.9 Å². The number of esters is 1. The van der Waals surface area contributed by atoms with Gasteiger partial charge in [0.25, 0.3) is 0 Å². The molecular weight excluding hydrogens is 206 g/mol. The van der Waals surface area contributed by atoms with Crippen LogP contribution in [0, 0.1) is 5.92 Å². The first-order valence-electron chi connectivity index (χ1n) is 5.57. The zero-order valence-electron chi connectivity index (χ0n) is 9.73. The van der Waals surface area contributed by atoms with Crippen LogP contribution >= 0.6 is 0 Å². The van der Waals surface area contributed by atoms with Crippen LogP contribution in [-0.4, -0.2) is 31.1 Å². The lowest BCUT2D eigenvalue weighted by molar-refractivity contribution is 0.0596. The molecule has 0 bridgehead atoms. The number of nitrogens with zero attached hydrogens (tertiary/aromatic N) is 1. The van der Waals surface area contributed by atoms with E-state index >= 15 is 0 Å². The maximum absolute atomic E-state index is 11.4. The van der Waals surface area contributed by atoms with Gasteiger partial charge in [0.1, 0.15) is 11.3 Å². The van der Waals surface area contributed by atoms with Crippen LogP contribution in [0.3, 0.4) is 0 Å². The van der Waals surface area contributed by atoms with Crippen molar-refractivity contribution < 1.29 is 13.9 Å². The van der Waals surface area contributed by atoms with Gasteiger partial charge < -0.3 is 9.15 Å². The molecule has 0 amide bonds. The number of rotatable bonds is 3. The maximum Gasteiger partial charge on any atom is 0.341 e. The van der Waals surface area contributed by atoms with Crippen molar-refractivity contribution in [3.8, 4) is 0 Å². The lowest BCUT2D eigenvalue weighted by atomic mass is 10.2. The molecule has 0 N–H and O–H groups in total. The molecule has 1 aromatic heterocycles. The van der Waals surface area contributed by atoms with E-state index in [0.717, 1.165) is 19.0 Å². The van der Waals surface area contributed by atoms with Gasteiger partial charge in [0.15, 0.2) is 0 Å². The van der Waals surface area contributed by atoms with Crippen molar-refractivity contribution in [1.82, 2.24) is 4.90 Å². The molecule has 2 rings (SSSR count). The summed E-state index contributed by atoms with van der Waals surface area (Å²) in [5.41, 5.74) is 0.544. The van der Waals surface area contributed by atoms with E-state index in [1.165, 1.54) is 13.5 Å². The fourth-order valence-corrected chi connectivity index (χ4v) is 2.13. The van der Waals surface area contributed by atoms with Gasteiger partial charge in [-0.15, -0.1) is 0 Å². The van der Waals surface area contributed by atoms with E-state index in [2.05, 4.69) is 11.8 Å². The van der Waals surface area contributed by atoms with Crippen LogP contribution in [0.5, 0.6) is 0 Å². The summed E-state index contributed by atoms with van der Waals surface area (Å²) < 4.78 is 10.0. The molecule has 1 atom stereocenters. The number of carbonyl (C=O) groups excluding carboxylic acids is 1. The van der Waals surface area contributed by atoms with Gasteiger partial charge in [0, 0.05) is 6.54 Å². The van der Waals surface area contributed by atoms with Gasteiger partial charge >= 0.3 is 5.97 Å². The zero-order valence-corrected chi connectivity index (χ0v) is 9.73. The second-order valence-corrected chi connectivity index (χ2v) is 4.38. The molecule has 1 aliphatic rings. The van der Waals surface area contributed by atoms with Crippen LogP contribution < -0.4 is 0 Å². The minimum absolute atomic E-state index is 0.323. The first kappa shape index (κ1) is 11.2. The Balaban J connectivity index is 2.04. The topological polar surface area (TPSA) is 42.7 Å². The molecule has 0 saturated carbocycles. The Bertz CT molecular complexity index is 372. The van der Waals surface area contributed by atoms with E-state index in [9.17, 15) is 4.79 Å². The van der Waals surface area contributed by atoms with Gasteiger partial charge in [-0.3, -0.25) is 4.90 Å². The van der Waals surface area contributed by atoms with Crippen LogP contribution in [0.25, 0.3) is 0 Å². The normalized spacial score (nSPS) is 21.2. The van der Waals surface area contributed by atoms with E-state index < -0.39 is 0 Å². The molecule has 1 aromatic rings. The quantitative estimate of drug-likeness (QED) is 0.734.